The topological polar surface area (TPSA) is 124 Å². The molecule has 0 radical (unpaired) electrons. The molecule has 1 saturated heterocycles. The molecule has 5 rings (SSSR count). The molecule has 0 unspecified atom stereocenters. The van der Waals surface area contributed by atoms with Crippen molar-refractivity contribution in [3.8, 4) is 5.69 Å². The van der Waals surface area contributed by atoms with Gasteiger partial charge < -0.3 is 19.8 Å². The number of benzene rings is 1. The Balaban J connectivity index is 1.07. The standard InChI is InChI=1S/C27H31F3N6O4/c28-27(29,30)22-21(16-36(35-22)20-4-2-1-3-5-20)24(38)32-13-12-31-23(37)17-6-8-18(9-7-17)25-33-34-26(40-25)19-10-14-39-15-11-19/h1-5,16-19H,6-15H2,(H,31,37)(H,32,38). The predicted molar refractivity (Wildman–Crippen MR) is 136 cm³/mol. The number of carbonyl (C=O) groups is 2. The lowest BCUT2D eigenvalue weighted by atomic mass is 9.81. The monoisotopic (exact) mass is 560 g/mol. The summed E-state index contributed by atoms with van der Waals surface area (Å²) in [4.78, 5) is 25.2. The molecule has 3 aromatic rings. The van der Waals surface area contributed by atoms with Crippen molar-refractivity contribution in [3.63, 3.8) is 0 Å². The van der Waals surface area contributed by atoms with Gasteiger partial charge >= 0.3 is 6.18 Å². The summed E-state index contributed by atoms with van der Waals surface area (Å²) in [7, 11) is 0. The first-order valence-electron chi connectivity index (χ1n) is 13.5. The van der Waals surface area contributed by atoms with E-state index in [2.05, 4.69) is 25.9 Å². The van der Waals surface area contributed by atoms with Crippen LogP contribution in [-0.4, -0.2) is 58.1 Å². The Kier molecular flexibility index (Phi) is 8.48. The van der Waals surface area contributed by atoms with Crippen LogP contribution in [0.1, 0.15) is 78.2 Å². The zero-order chi connectivity index (χ0) is 28.1. The Bertz CT molecular complexity index is 1300. The van der Waals surface area contributed by atoms with E-state index in [-0.39, 0.29) is 36.8 Å². The zero-order valence-corrected chi connectivity index (χ0v) is 21.8. The predicted octanol–water partition coefficient (Wildman–Crippen LogP) is 3.99. The highest BCUT2D eigenvalue weighted by atomic mass is 19.4. The maximum absolute atomic E-state index is 13.5. The van der Waals surface area contributed by atoms with Crippen molar-refractivity contribution in [2.45, 2.75) is 56.5 Å². The molecular formula is C27H31F3N6O4. The van der Waals surface area contributed by atoms with Crippen LogP contribution in [0.5, 0.6) is 0 Å². The first-order valence-corrected chi connectivity index (χ1v) is 13.5. The summed E-state index contributed by atoms with van der Waals surface area (Å²) in [5, 5.41) is 17.3. The van der Waals surface area contributed by atoms with Gasteiger partial charge in [-0.25, -0.2) is 4.68 Å². The summed E-state index contributed by atoms with van der Waals surface area (Å²) >= 11 is 0. The van der Waals surface area contributed by atoms with Gasteiger partial charge in [-0.2, -0.15) is 18.3 Å². The number of carbonyl (C=O) groups excluding carboxylic acids is 2. The fourth-order valence-electron chi connectivity index (χ4n) is 5.19. The van der Waals surface area contributed by atoms with Crippen molar-refractivity contribution in [2.24, 2.45) is 5.92 Å². The normalized spacial score (nSPS) is 20.3. The second-order valence-corrected chi connectivity index (χ2v) is 10.1. The Morgan fingerprint density at radius 3 is 2.17 bits per heavy atom. The number of ether oxygens (including phenoxy) is 1. The lowest BCUT2D eigenvalue weighted by Gasteiger charge is -2.25. The van der Waals surface area contributed by atoms with Gasteiger partial charge in [-0.3, -0.25) is 9.59 Å². The number of amides is 2. The van der Waals surface area contributed by atoms with Gasteiger partial charge in [0, 0.05) is 50.3 Å². The molecule has 1 aromatic carbocycles. The molecule has 40 heavy (non-hydrogen) atoms. The fraction of sp³-hybridized carbons (Fsp3) is 0.519. The second kappa shape index (κ2) is 12.2. The summed E-state index contributed by atoms with van der Waals surface area (Å²) in [6.45, 7) is 1.46. The van der Waals surface area contributed by atoms with Crippen LogP contribution in [0.2, 0.25) is 0 Å². The van der Waals surface area contributed by atoms with Gasteiger partial charge in [0.25, 0.3) is 5.91 Å². The smallest absolute Gasteiger partial charge is 0.425 e. The van der Waals surface area contributed by atoms with Crippen molar-refractivity contribution < 1.29 is 31.9 Å². The average molecular weight is 561 g/mol. The Morgan fingerprint density at radius 2 is 1.52 bits per heavy atom. The maximum atomic E-state index is 13.5. The third-order valence-corrected chi connectivity index (χ3v) is 7.43. The Labute approximate surface area is 228 Å². The number of hydrogen-bond acceptors (Lipinski definition) is 7. The van der Waals surface area contributed by atoms with Crippen LogP contribution in [0.25, 0.3) is 5.69 Å². The molecule has 2 amide bonds. The van der Waals surface area contributed by atoms with Gasteiger partial charge in [0.2, 0.25) is 17.7 Å². The minimum absolute atomic E-state index is 0.0231. The number of aromatic nitrogens is 4. The van der Waals surface area contributed by atoms with Gasteiger partial charge in [0.1, 0.15) is 0 Å². The highest BCUT2D eigenvalue weighted by Gasteiger charge is 2.39. The molecule has 10 nitrogen and oxygen atoms in total. The summed E-state index contributed by atoms with van der Waals surface area (Å²) in [5.41, 5.74) is -1.45. The van der Waals surface area contributed by atoms with E-state index < -0.39 is 23.3 Å². The first kappa shape index (κ1) is 27.8. The van der Waals surface area contributed by atoms with Gasteiger partial charge in [0.15, 0.2) is 5.69 Å². The molecule has 0 spiro atoms. The van der Waals surface area contributed by atoms with Gasteiger partial charge in [0.05, 0.1) is 11.3 Å². The van der Waals surface area contributed by atoms with E-state index in [4.69, 9.17) is 9.15 Å². The SMILES string of the molecule is O=C(NCCNC(=O)C1CCC(c2nnc(C3CCOCC3)o2)CC1)c1cn(-c2ccccc2)nc1C(F)(F)F. The van der Waals surface area contributed by atoms with E-state index in [0.29, 0.717) is 43.5 Å². The number of hydrogen-bond donors (Lipinski definition) is 2. The van der Waals surface area contributed by atoms with Crippen LogP contribution in [0.4, 0.5) is 13.2 Å². The molecular weight excluding hydrogens is 529 g/mol. The van der Waals surface area contributed by atoms with Gasteiger partial charge in [-0.15, -0.1) is 10.2 Å². The number of para-hydroxylation sites is 1. The summed E-state index contributed by atoms with van der Waals surface area (Å²) < 4.78 is 53.0. The van der Waals surface area contributed by atoms with Crippen molar-refractivity contribution in [3.05, 3.63) is 59.6 Å². The number of halogens is 3. The number of nitrogens with one attached hydrogen (secondary N) is 2. The Hall–Kier alpha value is -3.74. The van der Waals surface area contributed by atoms with Crippen LogP contribution < -0.4 is 10.6 Å². The maximum Gasteiger partial charge on any atom is 0.435 e. The number of alkyl halides is 3. The third-order valence-electron chi connectivity index (χ3n) is 7.43. The molecule has 0 bridgehead atoms. The van der Waals surface area contributed by atoms with Crippen molar-refractivity contribution in [1.82, 2.24) is 30.6 Å². The average Bonchev–Trinajstić information content (AvgIpc) is 3.65. The molecule has 13 heteroatoms. The summed E-state index contributed by atoms with van der Waals surface area (Å²) in [6.07, 6.45) is 0.808. The molecule has 0 atom stereocenters. The quantitative estimate of drug-likeness (QED) is 0.399. The van der Waals surface area contributed by atoms with Crippen LogP contribution in [0, 0.1) is 5.92 Å². The van der Waals surface area contributed by atoms with E-state index in [0.717, 1.165) is 36.6 Å². The van der Waals surface area contributed by atoms with Crippen LogP contribution in [0.3, 0.4) is 0 Å². The number of rotatable bonds is 8. The molecule has 3 heterocycles. The molecule has 1 aliphatic heterocycles. The van der Waals surface area contributed by atoms with Crippen molar-refractivity contribution in [1.29, 1.82) is 0 Å². The molecule has 2 fully saturated rings. The van der Waals surface area contributed by atoms with E-state index in [9.17, 15) is 22.8 Å². The Morgan fingerprint density at radius 1 is 0.900 bits per heavy atom. The number of nitrogens with zero attached hydrogens (tertiary/aromatic N) is 4. The van der Waals surface area contributed by atoms with E-state index in [1.54, 1.807) is 30.3 Å². The summed E-state index contributed by atoms with van der Waals surface area (Å²) in [6, 6.07) is 8.22. The summed E-state index contributed by atoms with van der Waals surface area (Å²) in [5.74, 6) is 0.386. The van der Waals surface area contributed by atoms with Crippen molar-refractivity contribution >= 4 is 11.8 Å². The highest BCUT2D eigenvalue weighted by molar-refractivity contribution is 5.95. The van der Waals surface area contributed by atoms with Crippen LogP contribution in [0.15, 0.2) is 40.9 Å². The molecule has 2 aromatic heterocycles. The fourth-order valence-corrected chi connectivity index (χ4v) is 5.19. The molecule has 1 saturated carbocycles. The largest absolute Gasteiger partial charge is 0.435 e. The van der Waals surface area contributed by atoms with Gasteiger partial charge in [-0.1, -0.05) is 18.2 Å². The van der Waals surface area contributed by atoms with Crippen molar-refractivity contribution in [2.75, 3.05) is 26.3 Å². The zero-order valence-electron chi connectivity index (χ0n) is 21.8. The highest BCUT2D eigenvalue weighted by Crippen LogP contribution is 2.37. The molecule has 1 aliphatic carbocycles. The lowest BCUT2D eigenvalue weighted by molar-refractivity contribution is -0.141. The van der Waals surface area contributed by atoms with E-state index in [1.165, 1.54) is 0 Å². The molecule has 214 valence electrons. The van der Waals surface area contributed by atoms with Crippen LogP contribution >= 0.6 is 0 Å². The third kappa shape index (κ3) is 6.52. The van der Waals surface area contributed by atoms with E-state index in [1.807, 2.05) is 0 Å². The molecule has 2 aliphatic rings. The minimum atomic E-state index is -4.80. The molecule has 2 N–H and O–H groups in total. The van der Waals surface area contributed by atoms with Gasteiger partial charge in [-0.05, 0) is 50.7 Å². The minimum Gasteiger partial charge on any atom is -0.425 e. The van der Waals surface area contributed by atoms with Crippen LogP contribution in [-0.2, 0) is 15.7 Å². The second-order valence-electron chi connectivity index (χ2n) is 10.1. The lowest BCUT2D eigenvalue weighted by Crippen LogP contribution is -2.38. The first-order chi connectivity index (χ1) is 19.3. The van der Waals surface area contributed by atoms with E-state index >= 15 is 0 Å².